The molecule has 0 saturated heterocycles. The maximum Gasteiger partial charge on any atom is 0.123 e. The van der Waals surface area contributed by atoms with Gasteiger partial charge in [0.25, 0.3) is 0 Å². The topological polar surface area (TPSA) is 80.6 Å². The average Bonchev–Trinajstić information content (AvgIpc) is 2.82. The first-order valence-electron chi connectivity index (χ1n) is 5.92. The summed E-state index contributed by atoms with van der Waals surface area (Å²) < 4.78 is 1.78. The predicted molar refractivity (Wildman–Crippen MR) is 74.6 cm³/mol. The molecule has 3 rings (SSSR count). The van der Waals surface area contributed by atoms with Gasteiger partial charge in [-0.05, 0) is 42.8 Å². The van der Waals surface area contributed by atoms with Crippen molar-refractivity contribution in [3.8, 4) is 5.69 Å². The SMILES string of the molecule is Cc1cc(-n2nnc3ccccc32)ccc1C(=N)N. The number of nitrogens with zero attached hydrogens (tertiary/aromatic N) is 3. The summed E-state index contributed by atoms with van der Waals surface area (Å²) in [6.45, 7) is 1.93. The molecule has 1 heterocycles. The third kappa shape index (κ3) is 1.85. The molecule has 0 unspecified atom stereocenters. The summed E-state index contributed by atoms with van der Waals surface area (Å²) in [5.74, 6) is 0.0764. The van der Waals surface area contributed by atoms with Gasteiger partial charge >= 0.3 is 0 Å². The van der Waals surface area contributed by atoms with Crippen LogP contribution in [-0.2, 0) is 0 Å². The van der Waals surface area contributed by atoms with Crippen molar-refractivity contribution in [2.75, 3.05) is 0 Å². The van der Waals surface area contributed by atoms with Gasteiger partial charge in [0.15, 0.2) is 0 Å². The van der Waals surface area contributed by atoms with E-state index in [1.165, 1.54) is 0 Å². The van der Waals surface area contributed by atoms with Crippen LogP contribution in [0.2, 0.25) is 0 Å². The summed E-state index contributed by atoms with van der Waals surface area (Å²) in [4.78, 5) is 0. The molecular formula is C14H13N5. The van der Waals surface area contributed by atoms with Crippen molar-refractivity contribution in [1.82, 2.24) is 15.0 Å². The number of amidine groups is 1. The molecule has 0 radical (unpaired) electrons. The highest BCUT2D eigenvalue weighted by atomic mass is 15.4. The number of aromatic nitrogens is 3. The first-order valence-corrected chi connectivity index (χ1v) is 5.92. The Morgan fingerprint density at radius 2 is 2.00 bits per heavy atom. The van der Waals surface area contributed by atoms with Crippen LogP contribution in [0.1, 0.15) is 11.1 Å². The van der Waals surface area contributed by atoms with E-state index in [-0.39, 0.29) is 5.84 Å². The number of nitrogens with two attached hydrogens (primary N) is 1. The summed E-state index contributed by atoms with van der Waals surface area (Å²) in [7, 11) is 0. The summed E-state index contributed by atoms with van der Waals surface area (Å²) in [6, 6.07) is 13.5. The molecule has 0 fully saturated rings. The Bertz CT molecular complexity index is 772. The summed E-state index contributed by atoms with van der Waals surface area (Å²) in [5, 5.41) is 15.8. The number of hydrogen-bond acceptors (Lipinski definition) is 3. The van der Waals surface area contributed by atoms with Crippen molar-refractivity contribution in [3.05, 3.63) is 53.6 Å². The number of nitrogen functional groups attached to an aromatic ring is 1. The number of para-hydroxylation sites is 1. The normalized spacial score (nSPS) is 10.8. The summed E-state index contributed by atoms with van der Waals surface area (Å²) in [6.07, 6.45) is 0. The fraction of sp³-hybridized carbons (Fsp3) is 0.0714. The van der Waals surface area contributed by atoms with Gasteiger partial charge < -0.3 is 5.73 Å². The molecule has 0 amide bonds. The molecule has 5 heteroatoms. The van der Waals surface area contributed by atoms with Gasteiger partial charge in [0.1, 0.15) is 11.4 Å². The van der Waals surface area contributed by atoms with E-state index in [4.69, 9.17) is 11.1 Å². The van der Waals surface area contributed by atoms with Crippen LogP contribution in [0, 0.1) is 12.3 Å². The van der Waals surface area contributed by atoms with E-state index in [1.807, 2.05) is 49.4 Å². The van der Waals surface area contributed by atoms with Crippen LogP contribution in [-0.4, -0.2) is 20.8 Å². The van der Waals surface area contributed by atoms with E-state index < -0.39 is 0 Å². The van der Waals surface area contributed by atoms with Crippen LogP contribution < -0.4 is 5.73 Å². The number of hydrogen-bond donors (Lipinski definition) is 2. The molecule has 2 aromatic carbocycles. The molecule has 0 spiro atoms. The highest BCUT2D eigenvalue weighted by molar-refractivity contribution is 5.96. The highest BCUT2D eigenvalue weighted by Crippen LogP contribution is 2.18. The first kappa shape index (κ1) is 11.4. The number of fused-ring (bicyclic) bond motifs is 1. The Kier molecular flexibility index (Phi) is 2.52. The van der Waals surface area contributed by atoms with Gasteiger partial charge in [-0.1, -0.05) is 17.3 Å². The molecule has 0 aliphatic heterocycles. The molecule has 5 nitrogen and oxygen atoms in total. The maximum absolute atomic E-state index is 7.50. The predicted octanol–water partition coefficient (Wildman–Crippen LogP) is 2.01. The van der Waals surface area contributed by atoms with E-state index in [1.54, 1.807) is 4.68 Å². The Morgan fingerprint density at radius 1 is 1.21 bits per heavy atom. The highest BCUT2D eigenvalue weighted by Gasteiger charge is 2.08. The fourth-order valence-electron chi connectivity index (χ4n) is 2.14. The average molecular weight is 251 g/mol. The van der Waals surface area contributed by atoms with E-state index >= 15 is 0 Å². The zero-order valence-electron chi connectivity index (χ0n) is 10.5. The second-order valence-corrected chi connectivity index (χ2v) is 4.40. The van der Waals surface area contributed by atoms with Crippen LogP contribution in [0.25, 0.3) is 16.7 Å². The van der Waals surface area contributed by atoms with Gasteiger partial charge in [0, 0.05) is 5.56 Å². The molecule has 1 aromatic heterocycles. The molecule has 0 bridgehead atoms. The Morgan fingerprint density at radius 3 is 2.74 bits per heavy atom. The lowest BCUT2D eigenvalue weighted by Crippen LogP contribution is -2.13. The Labute approximate surface area is 110 Å². The molecule has 0 aliphatic rings. The van der Waals surface area contributed by atoms with Crippen LogP contribution in [0.5, 0.6) is 0 Å². The third-order valence-electron chi connectivity index (χ3n) is 3.10. The number of benzene rings is 2. The lowest BCUT2D eigenvalue weighted by Gasteiger charge is -2.07. The standard InChI is InChI=1S/C14H13N5/c1-9-8-10(6-7-11(9)14(15)16)19-13-5-3-2-4-12(13)17-18-19/h2-8H,1H3,(H3,15,16). The fourth-order valence-corrected chi connectivity index (χ4v) is 2.14. The number of rotatable bonds is 2. The maximum atomic E-state index is 7.50. The second kappa shape index (κ2) is 4.20. The largest absolute Gasteiger partial charge is 0.384 e. The van der Waals surface area contributed by atoms with Gasteiger partial charge in [-0.2, -0.15) is 0 Å². The van der Waals surface area contributed by atoms with Crippen LogP contribution in [0.15, 0.2) is 42.5 Å². The Hall–Kier alpha value is -2.69. The molecule has 3 N–H and O–H groups in total. The zero-order valence-corrected chi connectivity index (χ0v) is 10.5. The van der Waals surface area contributed by atoms with Gasteiger partial charge in [0.2, 0.25) is 0 Å². The van der Waals surface area contributed by atoms with Crippen molar-refractivity contribution < 1.29 is 0 Å². The Balaban J connectivity index is 2.17. The molecule has 0 atom stereocenters. The minimum absolute atomic E-state index is 0.0764. The minimum atomic E-state index is 0.0764. The van der Waals surface area contributed by atoms with Gasteiger partial charge in [0.05, 0.1) is 11.2 Å². The second-order valence-electron chi connectivity index (χ2n) is 4.40. The van der Waals surface area contributed by atoms with Gasteiger partial charge in [-0.15, -0.1) is 5.10 Å². The summed E-state index contributed by atoms with van der Waals surface area (Å²) in [5.41, 5.74) is 9.94. The van der Waals surface area contributed by atoms with E-state index in [9.17, 15) is 0 Å². The molecule has 0 saturated carbocycles. The van der Waals surface area contributed by atoms with Crippen molar-refractivity contribution >= 4 is 16.9 Å². The first-order chi connectivity index (χ1) is 9.16. The summed E-state index contributed by atoms with van der Waals surface area (Å²) >= 11 is 0. The van der Waals surface area contributed by atoms with E-state index in [0.717, 1.165) is 27.8 Å². The van der Waals surface area contributed by atoms with Crippen LogP contribution in [0.4, 0.5) is 0 Å². The lowest BCUT2D eigenvalue weighted by molar-refractivity contribution is 0.823. The molecule has 94 valence electrons. The third-order valence-corrected chi connectivity index (χ3v) is 3.10. The lowest BCUT2D eigenvalue weighted by atomic mass is 10.1. The number of aryl methyl sites for hydroxylation is 1. The molecule has 19 heavy (non-hydrogen) atoms. The van der Waals surface area contributed by atoms with Crippen molar-refractivity contribution in [2.45, 2.75) is 6.92 Å². The minimum Gasteiger partial charge on any atom is -0.384 e. The molecular weight excluding hydrogens is 238 g/mol. The van der Waals surface area contributed by atoms with Crippen LogP contribution in [0.3, 0.4) is 0 Å². The van der Waals surface area contributed by atoms with Crippen LogP contribution >= 0.6 is 0 Å². The van der Waals surface area contributed by atoms with E-state index in [0.29, 0.717) is 0 Å². The van der Waals surface area contributed by atoms with Gasteiger partial charge in [-0.3, -0.25) is 5.41 Å². The smallest absolute Gasteiger partial charge is 0.123 e. The van der Waals surface area contributed by atoms with Crippen molar-refractivity contribution in [1.29, 1.82) is 5.41 Å². The van der Waals surface area contributed by atoms with E-state index in [2.05, 4.69) is 10.3 Å². The monoisotopic (exact) mass is 251 g/mol. The van der Waals surface area contributed by atoms with Crippen molar-refractivity contribution in [2.24, 2.45) is 5.73 Å². The van der Waals surface area contributed by atoms with Crippen molar-refractivity contribution in [3.63, 3.8) is 0 Å². The quantitative estimate of drug-likeness (QED) is 0.540. The zero-order chi connectivity index (χ0) is 13.4. The molecule has 0 aliphatic carbocycles. The number of nitrogens with one attached hydrogen (secondary N) is 1. The van der Waals surface area contributed by atoms with Gasteiger partial charge in [-0.25, -0.2) is 4.68 Å². The molecule has 3 aromatic rings.